The van der Waals surface area contributed by atoms with Crippen LogP contribution in [0.25, 0.3) is 0 Å². The molecule has 8 heteroatoms. The van der Waals surface area contributed by atoms with Crippen LogP contribution in [-0.4, -0.2) is 30.1 Å². The van der Waals surface area contributed by atoms with Crippen LogP contribution in [0.5, 0.6) is 11.5 Å². The third-order valence-electron chi connectivity index (χ3n) is 4.07. The molecule has 7 nitrogen and oxygen atoms in total. The van der Waals surface area contributed by atoms with Crippen LogP contribution in [0, 0.1) is 0 Å². The third-order valence-corrected chi connectivity index (χ3v) is 4.28. The number of carbonyl (C=O) groups is 2. The van der Waals surface area contributed by atoms with Crippen LogP contribution in [0.3, 0.4) is 0 Å². The molecule has 0 aliphatic carbocycles. The van der Waals surface area contributed by atoms with Crippen LogP contribution in [0.15, 0.2) is 48.5 Å². The molecule has 0 fully saturated rings. The average Bonchev–Trinajstić information content (AvgIpc) is 2.73. The van der Waals surface area contributed by atoms with E-state index in [4.69, 9.17) is 21.7 Å². The molecule has 0 aliphatic rings. The van der Waals surface area contributed by atoms with Gasteiger partial charge in [-0.1, -0.05) is 25.1 Å². The van der Waals surface area contributed by atoms with Gasteiger partial charge in [0.05, 0.1) is 19.6 Å². The molecule has 1 unspecified atom stereocenters. The second-order valence-corrected chi connectivity index (χ2v) is 6.75. The maximum Gasteiger partial charge on any atom is 0.257 e. The predicted molar refractivity (Wildman–Crippen MR) is 115 cm³/mol. The number of nitrogens with one attached hydrogen (secondary N) is 3. The lowest BCUT2D eigenvalue weighted by molar-refractivity contribution is -0.121. The molecule has 29 heavy (non-hydrogen) atoms. The number of methoxy groups -OCH3 is 1. The number of hydrazine groups is 1. The van der Waals surface area contributed by atoms with Gasteiger partial charge in [0, 0.05) is 5.56 Å². The van der Waals surface area contributed by atoms with Gasteiger partial charge in [-0.05, 0) is 61.5 Å². The molecule has 0 saturated heterocycles. The van der Waals surface area contributed by atoms with Gasteiger partial charge >= 0.3 is 0 Å². The molecule has 0 bridgehead atoms. The van der Waals surface area contributed by atoms with E-state index >= 15 is 0 Å². The van der Waals surface area contributed by atoms with E-state index in [9.17, 15) is 9.59 Å². The Morgan fingerprint density at radius 2 is 1.79 bits per heavy atom. The summed E-state index contributed by atoms with van der Waals surface area (Å²) in [5.74, 6) is 0.630. The number of thiocarbonyl (C=S) groups is 1. The molecule has 2 aromatic rings. The summed E-state index contributed by atoms with van der Waals surface area (Å²) in [4.78, 5) is 24.3. The van der Waals surface area contributed by atoms with E-state index in [0.717, 1.165) is 17.7 Å². The van der Waals surface area contributed by atoms with Gasteiger partial charge in [0.15, 0.2) is 5.11 Å². The maximum atomic E-state index is 12.3. The van der Waals surface area contributed by atoms with Crippen LogP contribution in [0.4, 0.5) is 0 Å². The first kappa shape index (κ1) is 22.2. The molecule has 2 rings (SSSR count). The number of hydrogen-bond donors (Lipinski definition) is 3. The minimum Gasteiger partial charge on any atom is -0.497 e. The summed E-state index contributed by atoms with van der Waals surface area (Å²) in [5, 5.41) is 2.51. The highest BCUT2D eigenvalue weighted by Crippen LogP contribution is 2.16. The average molecular weight is 416 g/mol. The first-order chi connectivity index (χ1) is 13.9. The zero-order chi connectivity index (χ0) is 21.2. The summed E-state index contributed by atoms with van der Waals surface area (Å²) in [6.45, 7) is 3.98. The van der Waals surface area contributed by atoms with Gasteiger partial charge in [-0.15, -0.1) is 0 Å². The quantitative estimate of drug-likeness (QED) is 0.476. The predicted octanol–water partition coefficient (Wildman–Crippen LogP) is 2.75. The number of carbonyl (C=O) groups excluding carboxylic acids is 2. The third kappa shape index (κ3) is 7.42. The molecular weight excluding hydrogens is 390 g/mol. The minimum atomic E-state index is -0.401. The Hall–Kier alpha value is -3.13. The van der Waals surface area contributed by atoms with E-state index in [2.05, 4.69) is 16.2 Å². The van der Waals surface area contributed by atoms with Crippen molar-refractivity contribution in [1.82, 2.24) is 16.2 Å². The lowest BCUT2D eigenvalue weighted by Crippen LogP contribution is -2.48. The van der Waals surface area contributed by atoms with Crippen molar-refractivity contribution >= 4 is 29.1 Å². The number of benzene rings is 2. The largest absolute Gasteiger partial charge is 0.497 e. The highest BCUT2D eigenvalue weighted by molar-refractivity contribution is 7.80. The van der Waals surface area contributed by atoms with Crippen LogP contribution < -0.4 is 25.6 Å². The van der Waals surface area contributed by atoms with Gasteiger partial charge in [-0.25, -0.2) is 0 Å². The first-order valence-corrected chi connectivity index (χ1v) is 9.62. The topological polar surface area (TPSA) is 88.7 Å². The van der Waals surface area contributed by atoms with Crippen molar-refractivity contribution in [2.45, 2.75) is 32.8 Å². The molecular formula is C21H25N3O4S. The summed E-state index contributed by atoms with van der Waals surface area (Å²) in [5.41, 5.74) is 6.21. The summed E-state index contributed by atoms with van der Waals surface area (Å²) < 4.78 is 10.8. The molecule has 154 valence electrons. The smallest absolute Gasteiger partial charge is 0.257 e. The Morgan fingerprint density at radius 1 is 1.07 bits per heavy atom. The van der Waals surface area contributed by atoms with Crippen molar-refractivity contribution in [3.05, 3.63) is 59.7 Å². The minimum absolute atomic E-state index is 0.00803. The lowest BCUT2D eigenvalue weighted by atomic mass is 10.1. The molecule has 2 amide bonds. The van der Waals surface area contributed by atoms with Crippen molar-refractivity contribution in [2.75, 3.05) is 7.11 Å². The molecule has 0 saturated carbocycles. The number of rotatable bonds is 7. The molecule has 0 aliphatic heterocycles. The highest BCUT2D eigenvalue weighted by Gasteiger charge is 2.11. The van der Waals surface area contributed by atoms with E-state index in [-0.39, 0.29) is 23.5 Å². The number of amides is 2. The molecule has 0 spiro atoms. The van der Waals surface area contributed by atoms with Gasteiger partial charge in [-0.2, -0.15) is 0 Å². The number of hydrogen-bond acceptors (Lipinski definition) is 5. The number of ether oxygens (including phenoxy) is 2. The standard InChI is InChI=1S/C21H25N3O4S/c1-4-14(2)28-18-7-5-6-16(13-18)20(26)22-21(29)24-23-19(25)12-15-8-10-17(27-3)11-9-15/h5-11,13-14H,4,12H2,1-3H3,(H,23,25)(H2,22,24,26,29). The fraction of sp³-hybridized carbons (Fsp3) is 0.286. The van der Waals surface area contributed by atoms with Crippen molar-refractivity contribution in [1.29, 1.82) is 0 Å². The molecule has 1 atom stereocenters. The van der Waals surface area contributed by atoms with Gasteiger partial charge in [0.1, 0.15) is 11.5 Å². The summed E-state index contributed by atoms with van der Waals surface area (Å²) in [6, 6.07) is 14.0. The van der Waals surface area contributed by atoms with Crippen LogP contribution in [0.1, 0.15) is 36.2 Å². The van der Waals surface area contributed by atoms with Crippen molar-refractivity contribution < 1.29 is 19.1 Å². The van der Waals surface area contributed by atoms with Crippen LogP contribution in [-0.2, 0) is 11.2 Å². The highest BCUT2D eigenvalue weighted by atomic mass is 32.1. The fourth-order valence-electron chi connectivity index (χ4n) is 2.33. The molecule has 0 aromatic heterocycles. The first-order valence-electron chi connectivity index (χ1n) is 9.21. The van der Waals surface area contributed by atoms with Crippen LogP contribution in [0.2, 0.25) is 0 Å². The Bertz CT molecular complexity index is 855. The van der Waals surface area contributed by atoms with E-state index < -0.39 is 5.91 Å². The van der Waals surface area contributed by atoms with Crippen molar-refractivity contribution in [3.8, 4) is 11.5 Å². The lowest BCUT2D eigenvalue weighted by Gasteiger charge is -2.14. The molecule has 0 radical (unpaired) electrons. The Balaban J connectivity index is 1.81. The summed E-state index contributed by atoms with van der Waals surface area (Å²) in [7, 11) is 1.58. The monoisotopic (exact) mass is 415 g/mol. The molecule has 0 heterocycles. The second kappa shape index (κ2) is 11.0. The van der Waals surface area contributed by atoms with Gasteiger partial charge < -0.3 is 9.47 Å². The Morgan fingerprint density at radius 3 is 2.45 bits per heavy atom. The van der Waals surface area contributed by atoms with E-state index in [1.807, 2.05) is 13.8 Å². The van der Waals surface area contributed by atoms with E-state index in [1.54, 1.807) is 55.6 Å². The van der Waals surface area contributed by atoms with Crippen molar-refractivity contribution in [3.63, 3.8) is 0 Å². The Labute approximate surface area is 175 Å². The van der Waals surface area contributed by atoms with Gasteiger partial charge in [0.25, 0.3) is 5.91 Å². The van der Waals surface area contributed by atoms with E-state index in [1.165, 1.54) is 0 Å². The molecule has 3 N–H and O–H groups in total. The second-order valence-electron chi connectivity index (χ2n) is 6.35. The zero-order valence-corrected chi connectivity index (χ0v) is 17.5. The normalized spacial score (nSPS) is 11.1. The SMILES string of the molecule is CCC(C)Oc1cccc(C(=O)NC(=S)NNC(=O)Cc2ccc(OC)cc2)c1. The summed E-state index contributed by atoms with van der Waals surface area (Å²) >= 11 is 5.06. The Kier molecular flexibility index (Phi) is 8.42. The maximum absolute atomic E-state index is 12.3. The van der Waals surface area contributed by atoms with Crippen molar-refractivity contribution in [2.24, 2.45) is 0 Å². The van der Waals surface area contributed by atoms with Gasteiger partial charge in [0.2, 0.25) is 5.91 Å². The van der Waals surface area contributed by atoms with E-state index in [0.29, 0.717) is 11.3 Å². The van der Waals surface area contributed by atoms with Crippen LogP contribution >= 0.6 is 12.2 Å². The van der Waals surface area contributed by atoms with Gasteiger partial charge in [-0.3, -0.25) is 25.8 Å². The summed E-state index contributed by atoms with van der Waals surface area (Å²) in [6.07, 6.45) is 1.07. The zero-order valence-electron chi connectivity index (χ0n) is 16.7. The molecule has 2 aromatic carbocycles. The fourth-order valence-corrected chi connectivity index (χ4v) is 2.48.